The van der Waals surface area contributed by atoms with Crippen molar-refractivity contribution in [3.05, 3.63) is 29.8 Å². The van der Waals surface area contributed by atoms with Crippen LogP contribution in [-0.2, 0) is 0 Å². The minimum absolute atomic E-state index is 0.365. The first-order valence-corrected chi connectivity index (χ1v) is 8.02. The monoisotopic (exact) mass is 294 g/mol. The minimum Gasteiger partial charge on any atom is -0.365 e. The molecule has 21 heavy (non-hydrogen) atoms. The standard InChI is InChI=1S/C17H24F2N2/c1-12(2)17-11-20-8-4-3-5-14(20)10-21(17)13-6-7-15(18)16(19)9-13/h6-7,9,12,14,17H,3-5,8,10-11H2,1-2H3. The maximum absolute atomic E-state index is 13.6. The maximum atomic E-state index is 13.6. The van der Waals surface area contributed by atoms with Crippen molar-refractivity contribution in [1.29, 1.82) is 0 Å². The first kappa shape index (κ1) is 14.8. The molecule has 2 unspecified atom stereocenters. The van der Waals surface area contributed by atoms with Gasteiger partial charge >= 0.3 is 0 Å². The van der Waals surface area contributed by atoms with Crippen LogP contribution in [0.4, 0.5) is 14.5 Å². The Labute approximate surface area is 125 Å². The summed E-state index contributed by atoms with van der Waals surface area (Å²) < 4.78 is 26.8. The molecule has 4 heteroatoms. The van der Waals surface area contributed by atoms with Crippen molar-refractivity contribution in [2.24, 2.45) is 5.92 Å². The molecule has 0 spiro atoms. The molecule has 2 fully saturated rings. The van der Waals surface area contributed by atoms with Gasteiger partial charge in [0.2, 0.25) is 0 Å². The van der Waals surface area contributed by atoms with Gasteiger partial charge in [0.05, 0.1) is 0 Å². The fourth-order valence-corrected chi connectivity index (χ4v) is 3.74. The molecule has 2 aliphatic rings. The van der Waals surface area contributed by atoms with Crippen molar-refractivity contribution < 1.29 is 8.78 Å². The molecule has 2 aliphatic heterocycles. The van der Waals surface area contributed by atoms with Crippen molar-refractivity contribution in [1.82, 2.24) is 4.90 Å². The quantitative estimate of drug-likeness (QED) is 0.821. The second-order valence-corrected chi connectivity index (χ2v) is 6.71. The highest BCUT2D eigenvalue weighted by atomic mass is 19.2. The molecule has 2 saturated heterocycles. The van der Waals surface area contributed by atoms with Gasteiger partial charge in [-0.1, -0.05) is 20.3 Å². The Morgan fingerprint density at radius 3 is 2.62 bits per heavy atom. The van der Waals surface area contributed by atoms with Gasteiger partial charge < -0.3 is 4.90 Å². The number of piperazine rings is 1. The van der Waals surface area contributed by atoms with Crippen LogP contribution in [-0.4, -0.2) is 36.6 Å². The van der Waals surface area contributed by atoms with E-state index in [9.17, 15) is 8.78 Å². The third-order valence-electron chi connectivity index (χ3n) is 4.98. The van der Waals surface area contributed by atoms with Crippen LogP contribution >= 0.6 is 0 Å². The molecule has 0 aromatic heterocycles. The Bertz CT molecular complexity index is 504. The lowest BCUT2D eigenvalue weighted by molar-refractivity contribution is 0.100. The van der Waals surface area contributed by atoms with E-state index in [0.717, 1.165) is 18.8 Å². The van der Waals surface area contributed by atoms with E-state index in [-0.39, 0.29) is 0 Å². The van der Waals surface area contributed by atoms with Crippen molar-refractivity contribution in [3.8, 4) is 0 Å². The summed E-state index contributed by atoms with van der Waals surface area (Å²) in [5.41, 5.74) is 0.817. The van der Waals surface area contributed by atoms with E-state index in [4.69, 9.17) is 0 Å². The van der Waals surface area contributed by atoms with Gasteiger partial charge in [-0.05, 0) is 37.4 Å². The normalized spacial score (nSPS) is 27.0. The summed E-state index contributed by atoms with van der Waals surface area (Å²) in [5, 5.41) is 0. The van der Waals surface area contributed by atoms with Crippen molar-refractivity contribution in [2.75, 3.05) is 24.5 Å². The number of halogens is 2. The van der Waals surface area contributed by atoms with Gasteiger partial charge in [-0.25, -0.2) is 8.78 Å². The van der Waals surface area contributed by atoms with Crippen LogP contribution in [0.1, 0.15) is 33.1 Å². The van der Waals surface area contributed by atoms with Gasteiger partial charge in [0.15, 0.2) is 11.6 Å². The smallest absolute Gasteiger partial charge is 0.160 e. The molecular weight excluding hydrogens is 270 g/mol. The zero-order valence-electron chi connectivity index (χ0n) is 12.9. The molecule has 0 N–H and O–H groups in total. The van der Waals surface area contributed by atoms with Crippen molar-refractivity contribution in [2.45, 2.75) is 45.2 Å². The molecule has 116 valence electrons. The van der Waals surface area contributed by atoms with E-state index in [1.54, 1.807) is 6.07 Å². The predicted octanol–water partition coefficient (Wildman–Crippen LogP) is 3.66. The van der Waals surface area contributed by atoms with Gasteiger partial charge in [-0.3, -0.25) is 4.90 Å². The van der Waals surface area contributed by atoms with Crippen LogP contribution < -0.4 is 4.90 Å². The molecule has 2 heterocycles. The Morgan fingerprint density at radius 2 is 1.90 bits per heavy atom. The van der Waals surface area contributed by atoms with E-state index >= 15 is 0 Å². The molecule has 0 saturated carbocycles. The van der Waals surface area contributed by atoms with Crippen LogP contribution in [0.25, 0.3) is 0 Å². The number of hydrogen-bond donors (Lipinski definition) is 0. The summed E-state index contributed by atoms with van der Waals surface area (Å²) in [4.78, 5) is 4.88. The van der Waals surface area contributed by atoms with E-state index in [1.807, 2.05) is 0 Å². The van der Waals surface area contributed by atoms with Gasteiger partial charge in [0, 0.05) is 36.9 Å². The molecule has 2 atom stereocenters. The Morgan fingerprint density at radius 1 is 1.10 bits per heavy atom. The summed E-state index contributed by atoms with van der Waals surface area (Å²) in [6.07, 6.45) is 3.77. The molecule has 0 amide bonds. The van der Waals surface area contributed by atoms with Gasteiger partial charge in [-0.2, -0.15) is 0 Å². The lowest BCUT2D eigenvalue weighted by Gasteiger charge is -2.50. The van der Waals surface area contributed by atoms with E-state index in [2.05, 4.69) is 23.6 Å². The number of piperidine rings is 1. The molecule has 1 aromatic carbocycles. The zero-order valence-corrected chi connectivity index (χ0v) is 12.9. The Hall–Kier alpha value is -1.16. The Kier molecular flexibility index (Phi) is 4.16. The number of nitrogens with zero attached hydrogens (tertiary/aromatic N) is 2. The van der Waals surface area contributed by atoms with Gasteiger partial charge in [0.25, 0.3) is 0 Å². The summed E-state index contributed by atoms with van der Waals surface area (Å²) >= 11 is 0. The number of benzene rings is 1. The topological polar surface area (TPSA) is 6.48 Å². The van der Waals surface area contributed by atoms with Crippen LogP contribution in [0.15, 0.2) is 18.2 Å². The lowest BCUT2D eigenvalue weighted by atomic mass is 9.91. The van der Waals surface area contributed by atoms with Gasteiger partial charge in [0.1, 0.15) is 0 Å². The lowest BCUT2D eigenvalue weighted by Crippen LogP contribution is -2.61. The predicted molar refractivity (Wildman–Crippen MR) is 81.5 cm³/mol. The zero-order chi connectivity index (χ0) is 15.0. The number of hydrogen-bond acceptors (Lipinski definition) is 2. The van der Waals surface area contributed by atoms with Gasteiger partial charge in [-0.15, -0.1) is 0 Å². The Balaban J connectivity index is 1.88. The number of fused-ring (bicyclic) bond motifs is 1. The fraction of sp³-hybridized carbons (Fsp3) is 0.647. The molecule has 0 aliphatic carbocycles. The highest BCUT2D eigenvalue weighted by Crippen LogP contribution is 2.31. The number of anilines is 1. The highest BCUT2D eigenvalue weighted by Gasteiger charge is 2.36. The summed E-state index contributed by atoms with van der Waals surface area (Å²) in [6, 6.07) is 5.23. The number of rotatable bonds is 2. The molecule has 1 aromatic rings. The molecular formula is C17H24F2N2. The first-order valence-electron chi connectivity index (χ1n) is 8.02. The molecule has 0 bridgehead atoms. The average Bonchev–Trinajstić information content (AvgIpc) is 2.48. The van der Waals surface area contributed by atoms with Crippen LogP contribution in [0.2, 0.25) is 0 Å². The average molecular weight is 294 g/mol. The molecule has 0 radical (unpaired) electrons. The van der Waals surface area contributed by atoms with E-state index in [0.29, 0.717) is 18.0 Å². The van der Waals surface area contributed by atoms with Crippen LogP contribution in [0, 0.1) is 17.6 Å². The van der Waals surface area contributed by atoms with Crippen LogP contribution in [0.5, 0.6) is 0 Å². The maximum Gasteiger partial charge on any atom is 0.160 e. The highest BCUT2D eigenvalue weighted by molar-refractivity contribution is 5.49. The van der Waals surface area contributed by atoms with Crippen molar-refractivity contribution >= 4 is 5.69 Å². The summed E-state index contributed by atoms with van der Waals surface area (Å²) in [5.74, 6) is -1.03. The van der Waals surface area contributed by atoms with Crippen LogP contribution in [0.3, 0.4) is 0 Å². The largest absolute Gasteiger partial charge is 0.365 e. The fourth-order valence-electron chi connectivity index (χ4n) is 3.74. The molecule has 3 rings (SSSR count). The molecule has 2 nitrogen and oxygen atoms in total. The van der Waals surface area contributed by atoms with E-state index in [1.165, 1.54) is 37.9 Å². The van der Waals surface area contributed by atoms with Crippen molar-refractivity contribution in [3.63, 3.8) is 0 Å². The summed E-state index contributed by atoms with van der Waals surface area (Å²) in [7, 11) is 0. The van der Waals surface area contributed by atoms with E-state index < -0.39 is 11.6 Å². The minimum atomic E-state index is -0.767. The SMILES string of the molecule is CC(C)C1CN2CCCCC2CN1c1ccc(F)c(F)c1. The third kappa shape index (κ3) is 2.91. The summed E-state index contributed by atoms with van der Waals surface area (Å²) in [6.45, 7) is 7.55. The first-order chi connectivity index (χ1) is 10.1. The second-order valence-electron chi connectivity index (χ2n) is 6.71. The second kappa shape index (κ2) is 5.91. The third-order valence-corrected chi connectivity index (χ3v) is 4.98.